The third-order valence-electron chi connectivity index (χ3n) is 6.85. The maximum Gasteiger partial charge on any atom is 0.255 e. The minimum absolute atomic E-state index is 0.132. The van der Waals surface area contributed by atoms with Crippen LogP contribution in [0.3, 0.4) is 0 Å². The molecule has 172 valence electrons. The van der Waals surface area contributed by atoms with E-state index in [1.54, 1.807) is 4.90 Å². The molecule has 1 saturated heterocycles. The quantitative estimate of drug-likeness (QED) is 0.665. The summed E-state index contributed by atoms with van der Waals surface area (Å²) in [7, 11) is 0. The second kappa shape index (κ2) is 9.35. The summed E-state index contributed by atoms with van der Waals surface area (Å²) in [5.41, 5.74) is 2.72. The number of fused-ring (bicyclic) bond motifs is 1. The molecule has 7 nitrogen and oxygen atoms in total. The molecule has 2 N–H and O–H groups in total. The molecular formula is C26H29N3O4. The average Bonchev–Trinajstić information content (AvgIpc) is 3.14. The highest BCUT2D eigenvalue weighted by Gasteiger charge is 2.39. The molecule has 1 aliphatic carbocycles. The van der Waals surface area contributed by atoms with Gasteiger partial charge in [-0.25, -0.2) is 0 Å². The number of hydrogen-bond acceptors (Lipinski definition) is 5. The molecule has 3 atom stereocenters. The number of hydrogen-bond donors (Lipinski definition) is 2. The lowest BCUT2D eigenvalue weighted by Gasteiger charge is -2.30. The Hall–Kier alpha value is -3.19. The van der Waals surface area contributed by atoms with Gasteiger partial charge in [-0.2, -0.15) is 0 Å². The second-order valence-electron chi connectivity index (χ2n) is 9.19. The summed E-state index contributed by atoms with van der Waals surface area (Å²) in [6.07, 6.45) is 5.18. The molecule has 2 aromatic carbocycles. The second-order valence-corrected chi connectivity index (χ2v) is 9.19. The molecular weight excluding hydrogens is 418 g/mol. The van der Waals surface area contributed by atoms with Crippen LogP contribution in [0.5, 0.6) is 5.75 Å². The summed E-state index contributed by atoms with van der Waals surface area (Å²) in [5, 5.41) is 6.01. The number of ether oxygens (including phenoxy) is 1. The molecule has 3 amide bonds. The van der Waals surface area contributed by atoms with Gasteiger partial charge in [-0.1, -0.05) is 30.3 Å². The molecule has 0 bridgehead atoms. The van der Waals surface area contributed by atoms with Gasteiger partial charge in [0.25, 0.3) is 5.91 Å². The van der Waals surface area contributed by atoms with Crippen molar-refractivity contribution in [2.75, 3.05) is 0 Å². The van der Waals surface area contributed by atoms with Crippen molar-refractivity contribution in [1.82, 2.24) is 15.5 Å². The highest BCUT2D eigenvalue weighted by atomic mass is 16.5. The average molecular weight is 448 g/mol. The summed E-state index contributed by atoms with van der Waals surface area (Å²) in [6, 6.07) is 15.7. The van der Waals surface area contributed by atoms with Gasteiger partial charge >= 0.3 is 0 Å². The minimum atomic E-state index is -0.576. The number of benzene rings is 2. The summed E-state index contributed by atoms with van der Waals surface area (Å²) in [5.74, 6) is 0.144. The Morgan fingerprint density at radius 2 is 1.88 bits per heavy atom. The number of piperidine rings is 1. The number of amides is 3. The van der Waals surface area contributed by atoms with Crippen LogP contribution in [0.25, 0.3) is 0 Å². The van der Waals surface area contributed by atoms with E-state index >= 15 is 0 Å². The molecule has 2 fully saturated rings. The molecule has 2 heterocycles. The molecule has 7 heteroatoms. The van der Waals surface area contributed by atoms with Crippen molar-refractivity contribution < 1.29 is 19.1 Å². The number of carbonyl (C=O) groups is 3. The monoisotopic (exact) mass is 447 g/mol. The van der Waals surface area contributed by atoms with Crippen molar-refractivity contribution in [2.45, 2.75) is 69.8 Å². The summed E-state index contributed by atoms with van der Waals surface area (Å²) < 4.78 is 6.16. The molecule has 3 aliphatic rings. The van der Waals surface area contributed by atoms with Gasteiger partial charge in [0, 0.05) is 31.1 Å². The van der Waals surface area contributed by atoms with Crippen LogP contribution in [-0.4, -0.2) is 40.8 Å². The Bertz CT molecular complexity index is 1050. The van der Waals surface area contributed by atoms with Crippen molar-refractivity contribution in [3.63, 3.8) is 0 Å². The molecule has 1 saturated carbocycles. The van der Waals surface area contributed by atoms with Gasteiger partial charge in [0.2, 0.25) is 11.8 Å². The fourth-order valence-electron chi connectivity index (χ4n) is 5.13. The normalized spacial score (nSPS) is 25.0. The Morgan fingerprint density at radius 1 is 1.03 bits per heavy atom. The van der Waals surface area contributed by atoms with Crippen LogP contribution >= 0.6 is 0 Å². The number of imide groups is 1. The number of nitrogens with one attached hydrogen (secondary N) is 2. The first kappa shape index (κ1) is 21.6. The Kier molecular flexibility index (Phi) is 6.13. The van der Waals surface area contributed by atoms with Gasteiger partial charge in [0.15, 0.2) is 0 Å². The molecule has 2 aromatic rings. The lowest BCUT2D eigenvalue weighted by molar-refractivity contribution is -0.136. The van der Waals surface area contributed by atoms with Crippen LogP contribution in [0.4, 0.5) is 0 Å². The lowest BCUT2D eigenvalue weighted by atomic mass is 9.92. The van der Waals surface area contributed by atoms with Crippen LogP contribution in [0, 0.1) is 0 Å². The van der Waals surface area contributed by atoms with Gasteiger partial charge in [-0.3, -0.25) is 19.7 Å². The van der Waals surface area contributed by atoms with E-state index in [0.29, 0.717) is 24.6 Å². The van der Waals surface area contributed by atoms with E-state index < -0.39 is 6.04 Å². The maximum absolute atomic E-state index is 12.9. The van der Waals surface area contributed by atoms with Crippen LogP contribution in [0.2, 0.25) is 0 Å². The van der Waals surface area contributed by atoms with Crippen molar-refractivity contribution in [2.24, 2.45) is 0 Å². The third-order valence-corrected chi connectivity index (χ3v) is 6.85. The van der Waals surface area contributed by atoms with Gasteiger partial charge in [-0.05, 0) is 61.4 Å². The van der Waals surface area contributed by atoms with E-state index in [1.165, 1.54) is 0 Å². The van der Waals surface area contributed by atoms with Crippen molar-refractivity contribution >= 4 is 17.7 Å². The van der Waals surface area contributed by atoms with E-state index in [4.69, 9.17) is 4.74 Å². The topological polar surface area (TPSA) is 87.7 Å². The zero-order valence-corrected chi connectivity index (χ0v) is 18.6. The largest absolute Gasteiger partial charge is 0.490 e. The summed E-state index contributed by atoms with van der Waals surface area (Å²) in [4.78, 5) is 38.1. The first-order chi connectivity index (χ1) is 16.1. The smallest absolute Gasteiger partial charge is 0.255 e. The standard InChI is InChI=1S/C26H29N3O4/c30-24-12-11-23(25(31)28-24)29-16-18-13-17(9-10-22(18)26(29)32)15-27-19-5-4-8-21(14-19)33-20-6-2-1-3-7-20/h1-3,6-7,9-10,13,19,21,23,27H,4-5,8,11-12,14-16H2,(H,28,30,31)/t19-,21+,23?/m1/s1. The molecule has 5 rings (SSSR count). The maximum atomic E-state index is 12.9. The van der Waals surface area contributed by atoms with Crippen LogP contribution in [-0.2, 0) is 22.7 Å². The number of carbonyl (C=O) groups excluding carboxylic acids is 3. The molecule has 0 aromatic heterocycles. The predicted molar refractivity (Wildman–Crippen MR) is 122 cm³/mol. The van der Waals surface area contributed by atoms with Gasteiger partial charge in [0.1, 0.15) is 17.9 Å². The predicted octanol–water partition coefficient (Wildman–Crippen LogP) is 2.93. The van der Waals surface area contributed by atoms with E-state index in [2.05, 4.69) is 16.7 Å². The zero-order valence-electron chi connectivity index (χ0n) is 18.6. The SMILES string of the molecule is O=C1CCC(N2Cc3cc(CN[C@@H]4CCC[C@H](Oc5ccccc5)C4)ccc3C2=O)C(=O)N1. The first-order valence-electron chi connectivity index (χ1n) is 11.8. The number of para-hydroxylation sites is 1. The van der Waals surface area contributed by atoms with E-state index in [1.807, 2.05) is 42.5 Å². The Balaban J connectivity index is 1.18. The highest BCUT2D eigenvalue weighted by Crippen LogP contribution is 2.29. The number of rotatable bonds is 6. The lowest BCUT2D eigenvalue weighted by Crippen LogP contribution is -2.52. The van der Waals surface area contributed by atoms with Crippen LogP contribution < -0.4 is 15.4 Å². The van der Waals surface area contributed by atoms with Crippen LogP contribution in [0.15, 0.2) is 48.5 Å². The van der Waals surface area contributed by atoms with Crippen molar-refractivity contribution in [3.8, 4) is 5.75 Å². The Labute approximate surface area is 193 Å². The fourth-order valence-corrected chi connectivity index (χ4v) is 5.13. The Morgan fingerprint density at radius 3 is 2.70 bits per heavy atom. The molecule has 33 heavy (non-hydrogen) atoms. The summed E-state index contributed by atoms with van der Waals surface area (Å²) in [6.45, 7) is 1.13. The molecule has 1 unspecified atom stereocenters. The van der Waals surface area contributed by atoms with Gasteiger partial charge in [-0.15, -0.1) is 0 Å². The van der Waals surface area contributed by atoms with Gasteiger partial charge < -0.3 is 15.0 Å². The minimum Gasteiger partial charge on any atom is -0.490 e. The van der Waals surface area contributed by atoms with E-state index in [-0.39, 0.29) is 30.2 Å². The van der Waals surface area contributed by atoms with Crippen molar-refractivity contribution in [3.05, 3.63) is 65.2 Å². The molecule has 0 radical (unpaired) electrons. The number of nitrogens with zero attached hydrogens (tertiary/aromatic N) is 1. The fraction of sp³-hybridized carbons (Fsp3) is 0.423. The summed E-state index contributed by atoms with van der Waals surface area (Å²) >= 11 is 0. The highest BCUT2D eigenvalue weighted by molar-refractivity contribution is 6.05. The first-order valence-corrected chi connectivity index (χ1v) is 11.8. The third kappa shape index (κ3) is 4.78. The molecule has 2 aliphatic heterocycles. The van der Waals surface area contributed by atoms with Crippen LogP contribution in [0.1, 0.15) is 60.0 Å². The van der Waals surface area contributed by atoms with Crippen molar-refractivity contribution in [1.29, 1.82) is 0 Å². The van der Waals surface area contributed by atoms with E-state index in [9.17, 15) is 14.4 Å². The molecule has 0 spiro atoms. The zero-order chi connectivity index (χ0) is 22.8. The van der Waals surface area contributed by atoms with Gasteiger partial charge in [0.05, 0.1) is 0 Å². The van der Waals surface area contributed by atoms with E-state index in [0.717, 1.165) is 49.1 Å².